The maximum Gasteiger partial charge on any atom is 0.315 e. The molecular weight excluding hydrogens is 320 g/mol. The van der Waals surface area contributed by atoms with Gasteiger partial charge in [-0.3, -0.25) is 4.90 Å². The lowest BCUT2D eigenvalue weighted by Gasteiger charge is -2.17. The summed E-state index contributed by atoms with van der Waals surface area (Å²) in [5, 5.41) is 11.6. The minimum absolute atomic E-state index is 0.333. The van der Waals surface area contributed by atoms with E-state index in [0.29, 0.717) is 18.0 Å². The molecule has 1 saturated heterocycles. The maximum absolute atomic E-state index is 5.70. The molecule has 0 radical (unpaired) electrons. The van der Waals surface area contributed by atoms with E-state index in [1.165, 1.54) is 18.4 Å². The van der Waals surface area contributed by atoms with Gasteiger partial charge in [-0.05, 0) is 37.0 Å². The van der Waals surface area contributed by atoms with Crippen LogP contribution in [0.25, 0.3) is 0 Å². The summed E-state index contributed by atoms with van der Waals surface area (Å²) in [5.74, 6) is 2.91. The first kappa shape index (κ1) is 16.2. The van der Waals surface area contributed by atoms with Gasteiger partial charge in [0.05, 0.1) is 14.2 Å². The zero-order valence-corrected chi connectivity index (χ0v) is 14.7. The highest BCUT2D eigenvalue weighted by Crippen LogP contribution is 2.39. The molecule has 0 amide bonds. The Kier molecular flexibility index (Phi) is 4.48. The number of ether oxygens (including phenoxy) is 2. The number of rotatable bonds is 7. The summed E-state index contributed by atoms with van der Waals surface area (Å²) in [7, 11) is 3.35. The second-order valence-electron chi connectivity index (χ2n) is 6.81. The molecule has 4 rings (SSSR count). The van der Waals surface area contributed by atoms with Crippen LogP contribution in [0.4, 0.5) is 6.01 Å². The molecule has 1 unspecified atom stereocenters. The van der Waals surface area contributed by atoms with Crippen LogP contribution in [-0.2, 0) is 6.54 Å². The fourth-order valence-corrected chi connectivity index (χ4v) is 3.27. The first-order valence-electron chi connectivity index (χ1n) is 8.77. The van der Waals surface area contributed by atoms with Crippen LogP contribution in [0.2, 0.25) is 0 Å². The topological polar surface area (TPSA) is 72.7 Å². The Bertz CT molecular complexity index is 707. The van der Waals surface area contributed by atoms with Crippen LogP contribution in [0.3, 0.4) is 0 Å². The predicted molar refractivity (Wildman–Crippen MR) is 93.1 cm³/mol. The average molecular weight is 344 g/mol. The molecule has 0 bridgehead atoms. The van der Waals surface area contributed by atoms with Crippen molar-refractivity contribution in [1.82, 2.24) is 15.1 Å². The number of aromatic nitrogens is 2. The van der Waals surface area contributed by atoms with Crippen molar-refractivity contribution in [2.45, 2.75) is 37.8 Å². The number of hydrogen-bond acceptors (Lipinski definition) is 7. The SMILES string of the molecule is COc1cc(CN2CCC(Nc3nnc(C4CC4)o3)C2)cc(OC)c1. The van der Waals surface area contributed by atoms with Gasteiger partial charge in [0.25, 0.3) is 0 Å². The molecule has 1 aliphatic heterocycles. The van der Waals surface area contributed by atoms with E-state index in [-0.39, 0.29) is 0 Å². The third-order valence-electron chi connectivity index (χ3n) is 4.78. The molecule has 1 atom stereocenters. The molecular formula is C18H24N4O3. The van der Waals surface area contributed by atoms with Crippen LogP contribution in [0.5, 0.6) is 11.5 Å². The van der Waals surface area contributed by atoms with Gasteiger partial charge in [0.15, 0.2) is 0 Å². The summed E-state index contributed by atoms with van der Waals surface area (Å²) < 4.78 is 16.4. The van der Waals surface area contributed by atoms with Crippen LogP contribution in [-0.4, -0.2) is 48.4 Å². The van der Waals surface area contributed by atoms with Crippen molar-refractivity contribution in [2.24, 2.45) is 0 Å². The summed E-state index contributed by atoms with van der Waals surface area (Å²) in [5.41, 5.74) is 1.19. The minimum atomic E-state index is 0.333. The molecule has 25 heavy (non-hydrogen) atoms. The molecule has 2 aromatic rings. The second-order valence-corrected chi connectivity index (χ2v) is 6.81. The highest BCUT2D eigenvalue weighted by molar-refractivity contribution is 5.38. The average Bonchev–Trinajstić information content (AvgIpc) is 3.23. The quantitative estimate of drug-likeness (QED) is 0.828. The summed E-state index contributed by atoms with van der Waals surface area (Å²) in [4.78, 5) is 2.41. The Morgan fingerprint density at radius 1 is 1.12 bits per heavy atom. The zero-order valence-electron chi connectivity index (χ0n) is 14.7. The van der Waals surface area contributed by atoms with E-state index < -0.39 is 0 Å². The van der Waals surface area contributed by atoms with E-state index in [1.807, 2.05) is 6.07 Å². The normalized spacial score (nSPS) is 20.6. The molecule has 1 aliphatic carbocycles. The third kappa shape index (κ3) is 3.87. The van der Waals surface area contributed by atoms with Gasteiger partial charge in [0.2, 0.25) is 5.89 Å². The second kappa shape index (κ2) is 6.92. The van der Waals surface area contributed by atoms with E-state index in [9.17, 15) is 0 Å². The molecule has 1 aromatic heterocycles. The number of nitrogens with zero attached hydrogens (tertiary/aromatic N) is 3. The van der Waals surface area contributed by atoms with Crippen LogP contribution >= 0.6 is 0 Å². The van der Waals surface area contributed by atoms with Gasteiger partial charge < -0.3 is 19.2 Å². The monoisotopic (exact) mass is 344 g/mol. The molecule has 1 aromatic carbocycles. The van der Waals surface area contributed by atoms with E-state index in [1.54, 1.807) is 14.2 Å². The number of hydrogen-bond donors (Lipinski definition) is 1. The zero-order chi connectivity index (χ0) is 17.2. The summed E-state index contributed by atoms with van der Waals surface area (Å²) in [6.07, 6.45) is 3.40. The lowest BCUT2D eigenvalue weighted by Crippen LogP contribution is -2.26. The Labute approximate surface area is 147 Å². The Morgan fingerprint density at radius 3 is 2.56 bits per heavy atom. The van der Waals surface area contributed by atoms with Crippen LogP contribution in [0, 0.1) is 0 Å². The summed E-state index contributed by atoms with van der Waals surface area (Å²) in [6, 6.07) is 6.90. The van der Waals surface area contributed by atoms with Crippen molar-refractivity contribution >= 4 is 6.01 Å². The highest BCUT2D eigenvalue weighted by atomic mass is 16.5. The number of methoxy groups -OCH3 is 2. The van der Waals surface area contributed by atoms with Crippen molar-refractivity contribution in [2.75, 3.05) is 32.6 Å². The first-order valence-corrected chi connectivity index (χ1v) is 8.77. The standard InChI is InChI=1S/C18H24N4O3/c1-23-15-7-12(8-16(9-15)24-2)10-22-6-5-14(11-22)19-18-21-20-17(25-18)13-3-4-13/h7-9,13-14H,3-6,10-11H2,1-2H3,(H,19,21). The maximum atomic E-state index is 5.70. The number of anilines is 1. The van der Waals surface area contributed by atoms with Crippen molar-refractivity contribution in [3.8, 4) is 11.5 Å². The van der Waals surface area contributed by atoms with Crippen molar-refractivity contribution in [3.63, 3.8) is 0 Å². The highest BCUT2D eigenvalue weighted by Gasteiger charge is 2.30. The van der Waals surface area contributed by atoms with Gasteiger partial charge in [0, 0.05) is 37.7 Å². The molecule has 2 fully saturated rings. The van der Waals surface area contributed by atoms with Crippen LogP contribution in [0.15, 0.2) is 22.6 Å². The first-order chi connectivity index (χ1) is 12.2. The third-order valence-corrected chi connectivity index (χ3v) is 4.78. The van der Waals surface area contributed by atoms with Gasteiger partial charge >= 0.3 is 6.01 Å². The molecule has 2 heterocycles. The van der Waals surface area contributed by atoms with E-state index >= 15 is 0 Å². The predicted octanol–water partition coefficient (Wildman–Crippen LogP) is 2.65. The van der Waals surface area contributed by atoms with Crippen molar-refractivity contribution < 1.29 is 13.9 Å². The fraction of sp³-hybridized carbons (Fsp3) is 0.556. The molecule has 7 heteroatoms. The molecule has 134 valence electrons. The molecule has 7 nitrogen and oxygen atoms in total. The van der Waals surface area contributed by atoms with Gasteiger partial charge in [-0.1, -0.05) is 5.10 Å². The van der Waals surface area contributed by atoms with Crippen LogP contribution < -0.4 is 14.8 Å². The van der Waals surface area contributed by atoms with E-state index in [0.717, 1.165) is 43.4 Å². The summed E-state index contributed by atoms with van der Waals surface area (Å²) >= 11 is 0. The molecule has 1 N–H and O–H groups in total. The number of nitrogens with one attached hydrogen (secondary N) is 1. The van der Waals surface area contributed by atoms with Crippen molar-refractivity contribution in [1.29, 1.82) is 0 Å². The smallest absolute Gasteiger partial charge is 0.315 e. The van der Waals surface area contributed by atoms with E-state index in [2.05, 4.69) is 32.5 Å². The minimum Gasteiger partial charge on any atom is -0.497 e. The lowest BCUT2D eigenvalue weighted by molar-refractivity contribution is 0.325. The van der Waals surface area contributed by atoms with Gasteiger partial charge in [-0.15, -0.1) is 5.10 Å². The molecule has 0 spiro atoms. The van der Waals surface area contributed by atoms with E-state index in [4.69, 9.17) is 13.9 Å². The Morgan fingerprint density at radius 2 is 1.88 bits per heavy atom. The number of likely N-dealkylation sites (tertiary alicyclic amines) is 1. The lowest BCUT2D eigenvalue weighted by atomic mass is 10.2. The van der Waals surface area contributed by atoms with Crippen molar-refractivity contribution in [3.05, 3.63) is 29.7 Å². The summed E-state index contributed by atoms with van der Waals surface area (Å²) in [6.45, 7) is 2.84. The van der Waals surface area contributed by atoms with Crippen LogP contribution in [0.1, 0.15) is 36.6 Å². The number of benzene rings is 1. The Hall–Kier alpha value is -2.28. The Balaban J connectivity index is 1.34. The molecule has 1 saturated carbocycles. The van der Waals surface area contributed by atoms with Gasteiger partial charge in [-0.2, -0.15) is 0 Å². The largest absolute Gasteiger partial charge is 0.497 e. The fourth-order valence-electron chi connectivity index (χ4n) is 3.27. The van der Waals surface area contributed by atoms with Gasteiger partial charge in [0.1, 0.15) is 11.5 Å². The molecule has 2 aliphatic rings. The van der Waals surface area contributed by atoms with Gasteiger partial charge in [-0.25, -0.2) is 0 Å².